The molecule has 1 N–H and O–H groups in total. The van der Waals surface area contributed by atoms with Gasteiger partial charge >= 0.3 is 6.03 Å². The number of ether oxygens (including phenoxy) is 1. The van der Waals surface area contributed by atoms with Crippen LogP contribution in [-0.4, -0.2) is 50.3 Å². The molecular formula is C21H27N3O2. The van der Waals surface area contributed by atoms with Gasteiger partial charge in [-0.3, -0.25) is 0 Å². The Morgan fingerprint density at radius 3 is 2.27 bits per heavy atom. The van der Waals surface area contributed by atoms with Gasteiger partial charge in [0.15, 0.2) is 0 Å². The van der Waals surface area contributed by atoms with Crippen molar-refractivity contribution in [2.45, 2.75) is 13.0 Å². The highest BCUT2D eigenvalue weighted by Gasteiger charge is 2.20. The number of amides is 2. The number of benzene rings is 2. The highest BCUT2D eigenvalue weighted by atomic mass is 16.5. The molecule has 2 aromatic carbocycles. The molecule has 3 rings (SSSR count). The molecule has 1 heterocycles. The lowest BCUT2D eigenvalue weighted by Gasteiger charge is -2.36. The maximum absolute atomic E-state index is 12.3. The maximum atomic E-state index is 12.3. The summed E-state index contributed by atoms with van der Waals surface area (Å²) in [6.45, 7) is 5.17. The summed E-state index contributed by atoms with van der Waals surface area (Å²) >= 11 is 0. The third kappa shape index (κ3) is 5.49. The first-order chi connectivity index (χ1) is 12.8. The van der Waals surface area contributed by atoms with E-state index in [1.54, 1.807) is 0 Å². The van der Waals surface area contributed by atoms with Crippen LogP contribution < -0.4 is 10.2 Å². The van der Waals surface area contributed by atoms with Crippen LogP contribution in [0.1, 0.15) is 12.0 Å². The van der Waals surface area contributed by atoms with E-state index in [9.17, 15) is 4.79 Å². The second-order valence-corrected chi connectivity index (χ2v) is 6.43. The minimum Gasteiger partial charge on any atom is -0.377 e. The predicted molar refractivity (Wildman–Crippen MR) is 104 cm³/mol. The van der Waals surface area contributed by atoms with E-state index >= 15 is 0 Å². The highest BCUT2D eigenvalue weighted by molar-refractivity contribution is 5.74. The second kappa shape index (κ2) is 9.82. The summed E-state index contributed by atoms with van der Waals surface area (Å²) in [5, 5.41) is 2.99. The van der Waals surface area contributed by atoms with E-state index in [-0.39, 0.29) is 6.03 Å². The maximum Gasteiger partial charge on any atom is 0.317 e. The van der Waals surface area contributed by atoms with Crippen LogP contribution in [0.15, 0.2) is 60.7 Å². The van der Waals surface area contributed by atoms with Crippen LogP contribution in [0.2, 0.25) is 0 Å². The van der Waals surface area contributed by atoms with E-state index in [4.69, 9.17) is 4.74 Å². The van der Waals surface area contributed by atoms with Gasteiger partial charge in [0.1, 0.15) is 0 Å². The number of rotatable bonds is 7. The fourth-order valence-electron chi connectivity index (χ4n) is 3.05. The zero-order valence-electron chi connectivity index (χ0n) is 15.1. The molecule has 1 saturated heterocycles. The zero-order chi connectivity index (χ0) is 18.0. The number of carbonyl (C=O) groups is 1. The van der Waals surface area contributed by atoms with Crippen LogP contribution in [0.25, 0.3) is 0 Å². The molecule has 1 aliphatic heterocycles. The first kappa shape index (κ1) is 18.3. The lowest BCUT2D eigenvalue weighted by molar-refractivity contribution is 0.118. The molecule has 2 amide bonds. The number of nitrogens with zero attached hydrogens (tertiary/aromatic N) is 2. The van der Waals surface area contributed by atoms with E-state index in [0.29, 0.717) is 19.8 Å². The van der Waals surface area contributed by atoms with Crippen molar-refractivity contribution in [3.63, 3.8) is 0 Å². The van der Waals surface area contributed by atoms with Crippen LogP contribution >= 0.6 is 0 Å². The summed E-state index contributed by atoms with van der Waals surface area (Å²) in [6.07, 6.45) is 0.822. The molecule has 0 atom stereocenters. The predicted octanol–water partition coefficient (Wildman–Crippen LogP) is 3.13. The number of piperazine rings is 1. The van der Waals surface area contributed by atoms with E-state index in [1.807, 2.05) is 41.3 Å². The SMILES string of the molecule is O=C(NCCCOCc1ccccc1)N1CCN(c2ccccc2)CC1. The Balaban J connectivity index is 1.27. The molecular weight excluding hydrogens is 326 g/mol. The number of para-hydroxylation sites is 1. The minimum atomic E-state index is 0.0285. The number of hydrogen-bond acceptors (Lipinski definition) is 3. The fraction of sp³-hybridized carbons (Fsp3) is 0.381. The normalized spacial score (nSPS) is 14.3. The molecule has 5 heteroatoms. The average molecular weight is 353 g/mol. The van der Waals surface area contributed by atoms with Gasteiger partial charge in [0.25, 0.3) is 0 Å². The van der Waals surface area contributed by atoms with Crippen molar-refractivity contribution < 1.29 is 9.53 Å². The Labute approximate surface area is 155 Å². The van der Waals surface area contributed by atoms with Gasteiger partial charge in [-0.25, -0.2) is 4.79 Å². The van der Waals surface area contributed by atoms with Gasteiger partial charge in [0.2, 0.25) is 0 Å². The molecule has 1 fully saturated rings. The molecule has 138 valence electrons. The number of nitrogens with one attached hydrogen (secondary N) is 1. The van der Waals surface area contributed by atoms with Crippen molar-refractivity contribution in [3.05, 3.63) is 66.2 Å². The smallest absolute Gasteiger partial charge is 0.317 e. The molecule has 1 aliphatic rings. The van der Waals surface area contributed by atoms with Crippen LogP contribution in [0, 0.1) is 0 Å². The third-order valence-corrected chi connectivity index (χ3v) is 4.54. The summed E-state index contributed by atoms with van der Waals surface area (Å²) < 4.78 is 5.64. The minimum absolute atomic E-state index is 0.0285. The van der Waals surface area contributed by atoms with Crippen molar-refractivity contribution >= 4 is 11.7 Å². The third-order valence-electron chi connectivity index (χ3n) is 4.54. The van der Waals surface area contributed by atoms with E-state index in [2.05, 4.69) is 34.5 Å². The lowest BCUT2D eigenvalue weighted by atomic mass is 10.2. The van der Waals surface area contributed by atoms with Crippen molar-refractivity contribution in [3.8, 4) is 0 Å². The molecule has 5 nitrogen and oxygen atoms in total. The van der Waals surface area contributed by atoms with Gasteiger partial charge in [0.05, 0.1) is 6.61 Å². The van der Waals surface area contributed by atoms with E-state index in [1.165, 1.54) is 11.3 Å². The van der Waals surface area contributed by atoms with Gasteiger partial charge in [0, 0.05) is 45.0 Å². The standard InChI is InChI=1S/C21H27N3O2/c25-21(22-12-7-17-26-18-19-8-3-1-4-9-19)24-15-13-23(14-16-24)20-10-5-2-6-11-20/h1-6,8-11H,7,12-18H2,(H,22,25). The van der Waals surface area contributed by atoms with Crippen molar-refractivity contribution in [2.24, 2.45) is 0 Å². The van der Waals surface area contributed by atoms with E-state index < -0.39 is 0 Å². The topological polar surface area (TPSA) is 44.8 Å². The molecule has 2 aromatic rings. The summed E-state index contributed by atoms with van der Waals surface area (Å²) in [4.78, 5) is 16.5. The first-order valence-corrected chi connectivity index (χ1v) is 9.27. The summed E-state index contributed by atoms with van der Waals surface area (Å²) in [7, 11) is 0. The summed E-state index contributed by atoms with van der Waals surface area (Å²) in [5.41, 5.74) is 2.40. The van der Waals surface area contributed by atoms with Crippen LogP contribution in [0.3, 0.4) is 0 Å². The largest absolute Gasteiger partial charge is 0.377 e. The zero-order valence-corrected chi connectivity index (χ0v) is 15.1. The van der Waals surface area contributed by atoms with Crippen LogP contribution in [-0.2, 0) is 11.3 Å². The number of anilines is 1. The Morgan fingerprint density at radius 1 is 0.923 bits per heavy atom. The summed E-state index contributed by atoms with van der Waals surface area (Å²) in [6, 6.07) is 20.5. The highest BCUT2D eigenvalue weighted by Crippen LogP contribution is 2.15. The molecule has 0 aliphatic carbocycles. The number of urea groups is 1. The molecule has 0 saturated carbocycles. The van der Waals surface area contributed by atoms with Gasteiger partial charge in [-0.05, 0) is 24.1 Å². The Bertz CT molecular complexity index is 655. The van der Waals surface area contributed by atoms with Gasteiger partial charge < -0.3 is 19.9 Å². The molecule has 0 radical (unpaired) electrons. The molecule has 0 unspecified atom stereocenters. The lowest BCUT2D eigenvalue weighted by Crippen LogP contribution is -2.52. The monoisotopic (exact) mass is 353 g/mol. The van der Waals surface area contributed by atoms with Crippen molar-refractivity contribution in [2.75, 3.05) is 44.2 Å². The van der Waals surface area contributed by atoms with Crippen LogP contribution in [0.4, 0.5) is 10.5 Å². The average Bonchev–Trinajstić information content (AvgIpc) is 2.72. The molecule has 26 heavy (non-hydrogen) atoms. The van der Waals surface area contributed by atoms with Gasteiger partial charge in [-0.2, -0.15) is 0 Å². The van der Waals surface area contributed by atoms with Gasteiger partial charge in [-0.15, -0.1) is 0 Å². The van der Waals surface area contributed by atoms with Crippen molar-refractivity contribution in [1.82, 2.24) is 10.2 Å². The molecule has 0 bridgehead atoms. The second-order valence-electron chi connectivity index (χ2n) is 6.43. The van der Waals surface area contributed by atoms with Crippen LogP contribution in [0.5, 0.6) is 0 Å². The Hall–Kier alpha value is -2.53. The quantitative estimate of drug-likeness (QED) is 0.778. The molecule has 0 aromatic heterocycles. The summed E-state index contributed by atoms with van der Waals surface area (Å²) in [5.74, 6) is 0. The van der Waals surface area contributed by atoms with Gasteiger partial charge in [-0.1, -0.05) is 48.5 Å². The fourth-order valence-corrected chi connectivity index (χ4v) is 3.05. The number of carbonyl (C=O) groups excluding carboxylic acids is 1. The molecule has 0 spiro atoms. The Morgan fingerprint density at radius 2 is 1.58 bits per heavy atom. The van der Waals surface area contributed by atoms with Crippen molar-refractivity contribution in [1.29, 1.82) is 0 Å². The van der Waals surface area contributed by atoms with E-state index in [0.717, 1.165) is 32.6 Å². The number of hydrogen-bond donors (Lipinski definition) is 1. The first-order valence-electron chi connectivity index (χ1n) is 9.27. The Kier molecular flexibility index (Phi) is 6.90.